The first-order chi connectivity index (χ1) is 14.4. The number of benzene rings is 2. The second kappa shape index (κ2) is 7.94. The van der Waals surface area contributed by atoms with Crippen LogP contribution in [0.1, 0.15) is 6.42 Å². The van der Waals surface area contributed by atoms with Gasteiger partial charge in [-0.3, -0.25) is 4.79 Å². The molecule has 4 rings (SSSR count). The molecule has 3 N–H and O–H groups in total. The summed E-state index contributed by atoms with van der Waals surface area (Å²) < 4.78 is 50.0. The third-order valence-electron chi connectivity index (χ3n) is 4.65. The predicted molar refractivity (Wildman–Crippen MR) is 108 cm³/mol. The van der Waals surface area contributed by atoms with Gasteiger partial charge in [0.1, 0.15) is 17.4 Å². The maximum absolute atomic E-state index is 14.4. The molecule has 0 bridgehead atoms. The lowest BCUT2D eigenvalue weighted by atomic mass is 10.1. The molecule has 0 amide bonds. The Balaban J connectivity index is 1.69. The van der Waals surface area contributed by atoms with Crippen LogP contribution in [0.3, 0.4) is 0 Å². The average Bonchev–Trinajstić information content (AvgIpc) is 3.23. The third kappa shape index (κ3) is 3.73. The van der Waals surface area contributed by atoms with Gasteiger partial charge < -0.3 is 20.0 Å². The van der Waals surface area contributed by atoms with E-state index in [0.717, 1.165) is 12.1 Å². The number of hydrogen-bond acceptors (Lipinski definition) is 5. The Morgan fingerprint density at radius 1 is 1.10 bits per heavy atom. The molecule has 0 atom stereocenters. The largest absolute Gasteiger partial charge is 0.453 e. The van der Waals surface area contributed by atoms with Crippen LogP contribution in [0, 0.1) is 17.5 Å². The number of imidazole rings is 1. The minimum absolute atomic E-state index is 0.0528. The lowest BCUT2D eigenvalue weighted by molar-refractivity contribution is 0.545. The molecule has 0 radical (unpaired) electrons. The summed E-state index contributed by atoms with van der Waals surface area (Å²) in [6, 6.07) is 5.55. The monoisotopic (exact) mass is 414 g/mol. The molecule has 0 fully saturated rings. The molecular weight excluding hydrogens is 397 g/mol. The normalized spacial score (nSPS) is 11.2. The minimum atomic E-state index is -1.03. The second-order valence-corrected chi connectivity index (χ2v) is 6.71. The Morgan fingerprint density at radius 2 is 1.93 bits per heavy atom. The highest BCUT2D eigenvalue weighted by atomic mass is 19.1. The highest BCUT2D eigenvalue weighted by Crippen LogP contribution is 2.31. The lowest BCUT2D eigenvalue weighted by Crippen LogP contribution is -2.12. The zero-order valence-corrected chi connectivity index (χ0v) is 15.7. The zero-order valence-electron chi connectivity index (χ0n) is 15.7. The molecule has 0 aliphatic heterocycles. The topological polar surface area (TPSA) is 86.1 Å². The number of halogens is 3. The van der Waals surface area contributed by atoms with Crippen LogP contribution in [0.25, 0.3) is 22.3 Å². The Hall–Kier alpha value is -3.75. The minimum Gasteiger partial charge on any atom is -0.453 e. The molecule has 0 unspecified atom stereocenters. The molecule has 0 aliphatic rings. The van der Waals surface area contributed by atoms with E-state index in [1.807, 2.05) is 4.57 Å². The van der Waals surface area contributed by atoms with E-state index in [4.69, 9.17) is 10.2 Å². The van der Waals surface area contributed by atoms with E-state index >= 15 is 0 Å². The van der Waals surface area contributed by atoms with Gasteiger partial charge in [0.15, 0.2) is 16.8 Å². The van der Waals surface area contributed by atoms with Crippen LogP contribution in [0.15, 0.2) is 58.3 Å². The van der Waals surface area contributed by atoms with Crippen molar-refractivity contribution in [2.75, 3.05) is 17.6 Å². The van der Waals surface area contributed by atoms with E-state index in [-0.39, 0.29) is 28.1 Å². The van der Waals surface area contributed by atoms with E-state index in [1.54, 1.807) is 18.7 Å². The fraction of sp³-hybridized carbons (Fsp3) is 0.143. The number of aryl methyl sites for hydroxylation is 1. The molecule has 0 spiro atoms. The summed E-state index contributed by atoms with van der Waals surface area (Å²) in [5.41, 5.74) is 4.39. The Bertz CT molecular complexity index is 1270. The molecule has 30 heavy (non-hydrogen) atoms. The summed E-state index contributed by atoms with van der Waals surface area (Å²) in [5.74, 6) is -2.68. The van der Waals surface area contributed by atoms with E-state index < -0.39 is 28.5 Å². The maximum atomic E-state index is 14.4. The summed E-state index contributed by atoms with van der Waals surface area (Å²) in [7, 11) is 0. The molecule has 0 saturated carbocycles. The van der Waals surface area contributed by atoms with Gasteiger partial charge in [-0.25, -0.2) is 18.2 Å². The van der Waals surface area contributed by atoms with Gasteiger partial charge in [-0.2, -0.15) is 0 Å². The van der Waals surface area contributed by atoms with Crippen molar-refractivity contribution in [2.24, 2.45) is 0 Å². The number of fused-ring (bicyclic) bond motifs is 1. The summed E-state index contributed by atoms with van der Waals surface area (Å²) >= 11 is 0. The van der Waals surface area contributed by atoms with Crippen LogP contribution >= 0.6 is 0 Å². The number of anilines is 2. The highest BCUT2D eigenvalue weighted by molar-refractivity contribution is 5.91. The second-order valence-electron chi connectivity index (χ2n) is 6.71. The van der Waals surface area contributed by atoms with Crippen molar-refractivity contribution < 1.29 is 17.6 Å². The zero-order chi connectivity index (χ0) is 21.3. The van der Waals surface area contributed by atoms with Gasteiger partial charge in [0.2, 0.25) is 0 Å². The van der Waals surface area contributed by atoms with Crippen molar-refractivity contribution in [2.45, 2.75) is 13.0 Å². The van der Waals surface area contributed by atoms with Crippen molar-refractivity contribution in [3.8, 4) is 11.3 Å². The fourth-order valence-electron chi connectivity index (χ4n) is 3.16. The van der Waals surface area contributed by atoms with Gasteiger partial charge in [-0.1, -0.05) is 0 Å². The number of rotatable bonds is 6. The number of nitrogens with zero attached hydrogens (tertiary/aromatic N) is 2. The fourth-order valence-corrected chi connectivity index (χ4v) is 3.16. The summed E-state index contributed by atoms with van der Waals surface area (Å²) in [6.45, 7) is 0.968. The molecule has 2 aromatic heterocycles. The Morgan fingerprint density at radius 3 is 2.67 bits per heavy atom. The first-order valence-electron chi connectivity index (χ1n) is 9.15. The van der Waals surface area contributed by atoms with Crippen LogP contribution in [0.2, 0.25) is 0 Å². The van der Waals surface area contributed by atoms with E-state index in [2.05, 4.69) is 10.3 Å². The Labute approximate surface area is 168 Å². The van der Waals surface area contributed by atoms with Crippen molar-refractivity contribution in [3.05, 3.63) is 76.7 Å². The van der Waals surface area contributed by atoms with E-state index in [1.165, 1.54) is 12.1 Å². The van der Waals surface area contributed by atoms with Gasteiger partial charge in [0.25, 0.3) is 0 Å². The number of nitrogens with one attached hydrogen (secondary N) is 1. The number of aromatic nitrogens is 2. The predicted octanol–water partition coefficient (Wildman–Crippen LogP) is 4.16. The van der Waals surface area contributed by atoms with Gasteiger partial charge in [-0.05, 0) is 24.6 Å². The molecule has 2 heterocycles. The van der Waals surface area contributed by atoms with Gasteiger partial charge in [0.05, 0.1) is 23.1 Å². The summed E-state index contributed by atoms with van der Waals surface area (Å²) in [6.07, 6.45) is 5.72. The van der Waals surface area contributed by atoms with Crippen molar-refractivity contribution in [3.63, 3.8) is 0 Å². The molecule has 9 heteroatoms. The number of nitrogen functional groups attached to an aromatic ring is 1. The molecule has 0 saturated heterocycles. The molecule has 154 valence electrons. The molecule has 2 aromatic carbocycles. The molecular formula is C21H17F3N4O2. The number of hydrogen-bond donors (Lipinski definition) is 2. The highest BCUT2D eigenvalue weighted by Gasteiger charge is 2.19. The molecule has 0 aliphatic carbocycles. The number of nitrogens with two attached hydrogens (primary N) is 1. The van der Waals surface area contributed by atoms with Gasteiger partial charge in [0, 0.05) is 43.2 Å². The van der Waals surface area contributed by atoms with Crippen molar-refractivity contribution >= 4 is 22.3 Å². The average molecular weight is 414 g/mol. The summed E-state index contributed by atoms with van der Waals surface area (Å²) in [5, 5.41) is 2.61. The van der Waals surface area contributed by atoms with Crippen LogP contribution in [-0.4, -0.2) is 16.1 Å². The SMILES string of the molecule is Nc1ccc(-c2cc(=O)c3c(NCCCn4ccnc4)c(F)cc(F)c3o2)cc1F. The lowest BCUT2D eigenvalue weighted by Gasteiger charge is -2.12. The quantitative estimate of drug-likeness (QED) is 0.366. The maximum Gasteiger partial charge on any atom is 0.195 e. The first-order valence-corrected chi connectivity index (χ1v) is 9.15. The molecule has 6 nitrogen and oxygen atoms in total. The van der Waals surface area contributed by atoms with E-state index in [9.17, 15) is 18.0 Å². The van der Waals surface area contributed by atoms with Gasteiger partial charge in [-0.15, -0.1) is 0 Å². The van der Waals surface area contributed by atoms with Crippen molar-refractivity contribution in [1.82, 2.24) is 9.55 Å². The smallest absolute Gasteiger partial charge is 0.195 e. The van der Waals surface area contributed by atoms with Gasteiger partial charge >= 0.3 is 0 Å². The Kier molecular flexibility index (Phi) is 5.18. The van der Waals surface area contributed by atoms with Crippen LogP contribution in [0.5, 0.6) is 0 Å². The molecule has 4 aromatic rings. The van der Waals surface area contributed by atoms with E-state index in [0.29, 0.717) is 25.6 Å². The summed E-state index contributed by atoms with van der Waals surface area (Å²) in [4.78, 5) is 16.6. The van der Waals surface area contributed by atoms with Crippen molar-refractivity contribution in [1.29, 1.82) is 0 Å². The van der Waals surface area contributed by atoms with Crippen LogP contribution in [-0.2, 0) is 6.54 Å². The standard InChI is InChI=1S/C21H17F3N4O2/c22-13-8-12(2-3-16(13)25)18-10-17(29)19-20(14(23)9-15(24)21(19)30-18)27-4-1-6-28-7-5-26-11-28/h2-3,5,7-11,27H,1,4,6,25H2. The third-order valence-corrected chi connectivity index (χ3v) is 4.65. The van der Waals surface area contributed by atoms with Crippen LogP contribution in [0.4, 0.5) is 24.5 Å². The van der Waals surface area contributed by atoms with Crippen LogP contribution < -0.4 is 16.5 Å². The first kappa shape index (κ1) is 19.6.